The van der Waals surface area contributed by atoms with Gasteiger partial charge in [0.05, 0.1) is 12.7 Å². The maximum Gasteiger partial charge on any atom is 0.337 e. The van der Waals surface area contributed by atoms with Crippen LogP contribution in [0.4, 0.5) is 10.5 Å². The normalized spacial score (nSPS) is 18.2. The van der Waals surface area contributed by atoms with Gasteiger partial charge in [-0.05, 0) is 43.9 Å². The van der Waals surface area contributed by atoms with Crippen molar-refractivity contribution >= 4 is 17.7 Å². The molecule has 2 amide bonds. The van der Waals surface area contributed by atoms with Crippen molar-refractivity contribution in [2.75, 3.05) is 19.0 Å². The van der Waals surface area contributed by atoms with E-state index in [0.29, 0.717) is 17.3 Å². The fourth-order valence-corrected chi connectivity index (χ4v) is 2.73. The SMILES string of the molecule is CCC1CCCCN1C(=O)Nc1cccc(C(=O)OC)c1. The van der Waals surface area contributed by atoms with Crippen molar-refractivity contribution in [3.8, 4) is 0 Å². The van der Waals surface area contributed by atoms with Crippen LogP contribution in [-0.2, 0) is 4.74 Å². The number of hydrogen-bond donors (Lipinski definition) is 1. The molecule has 114 valence electrons. The second-order valence-corrected chi connectivity index (χ2v) is 5.25. The maximum absolute atomic E-state index is 12.4. The number of nitrogens with zero attached hydrogens (tertiary/aromatic N) is 1. The lowest BCUT2D eigenvalue weighted by atomic mass is 10.0. The highest BCUT2D eigenvalue weighted by molar-refractivity contribution is 5.94. The van der Waals surface area contributed by atoms with Crippen LogP contribution < -0.4 is 5.32 Å². The van der Waals surface area contributed by atoms with Crippen LogP contribution in [0.3, 0.4) is 0 Å². The molecule has 1 fully saturated rings. The summed E-state index contributed by atoms with van der Waals surface area (Å²) in [7, 11) is 1.34. The molecule has 0 spiro atoms. The summed E-state index contributed by atoms with van der Waals surface area (Å²) in [6, 6.07) is 7.02. The molecule has 2 rings (SSSR count). The molecular weight excluding hydrogens is 268 g/mol. The largest absolute Gasteiger partial charge is 0.465 e. The first-order valence-corrected chi connectivity index (χ1v) is 7.41. The monoisotopic (exact) mass is 290 g/mol. The average Bonchev–Trinajstić information content (AvgIpc) is 2.54. The highest BCUT2D eigenvalue weighted by Crippen LogP contribution is 2.21. The lowest BCUT2D eigenvalue weighted by Gasteiger charge is -2.35. The van der Waals surface area contributed by atoms with Gasteiger partial charge in [-0.1, -0.05) is 13.0 Å². The van der Waals surface area contributed by atoms with Crippen molar-refractivity contribution in [3.63, 3.8) is 0 Å². The number of carbonyl (C=O) groups is 2. The Morgan fingerprint density at radius 3 is 2.90 bits per heavy atom. The molecule has 1 unspecified atom stereocenters. The van der Waals surface area contributed by atoms with Gasteiger partial charge in [0.25, 0.3) is 0 Å². The van der Waals surface area contributed by atoms with Gasteiger partial charge in [-0.25, -0.2) is 9.59 Å². The number of methoxy groups -OCH3 is 1. The highest BCUT2D eigenvalue weighted by Gasteiger charge is 2.25. The third-order valence-corrected chi connectivity index (χ3v) is 3.89. The van der Waals surface area contributed by atoms with Crippen LogP contribution in [-0.4, -0.2) is 36.6 Å². The fraction of sp³-hybridized carbons (Fsp3) is 0.500. The lowest BCUT2D eigenvalue weighted by Crippen LogP contribution is -2.45. The quantitative estimate of drug-likeness (QED) is 0.869. The van der Waals surface area contributed by atoms with E-state index in [2.05, 4.69) is 17.0 Å². The van der Waals surface area contributed by atoms with E-state index in [1.165, 1.54) is 13.5 Å². The number of likely N-dealkylation sites (tertiary alicyclic amines) is 1. The predicted octanol–water partition coefficient (Wildman–Crippen LogP) is 3.27. The summed E-state index contributed by atoms with van der Waals surface area (Å²) in [4.78, 5) is 25.8. The molecule has 0 saturated carbocycles. The molecule has 1 aromatic carbocycles. The number of piperidine rings is 1. The summed E-state index contributed by atoms with van der Waals surface area (Å²) in [5.74, 6) is -0.407. The third kappa shape index (κ3) is 3.74. The summed E-state index contributed by atoms with van der Waals surface area (Å²) < 4.78 is 4.68. The van der Waals surface area contributed by atoms with Gasteiger partial charge in [-0.15, -0.1) is 0 Å². The van der Waals surface area contributed by atoms with Gasteiger partial charge in [0.15, 0.2) is 0 Å². The minimum Gasteiger partial charge on any atom is -0.465 e. The first-order valence-electron chi connectivity index (χ1n) is 7.41. The van der Waals surface area contributed by atoms with E-state index in [1.807, 2.05) is 4.90 Å². The number of urea groups is 1. The smallest absolute Gasteiger partial charge is 0.337 e. The molecule has 0 aromatic heterocycles. The topological polar surface area (TPSA) is 58.6 Å². The Kier molecular flexibility index (Phi) is 5.20. The van der Waals surface area contributed by atoms with Crippen molar-refractivity contribution in [2.45, 2.75) is 38.6 Å². The number of rotatable bonds is 3. The predicted molar refractivity (Wildman–Crippen MR) is 81.4 cm³/mol. The highest BCUT2D eigenvalue weighted by atomic mass is 16.5. The van der Waals surface area contributed by atoms with E-state index < -0.39 is 5.97 Å². The molecule has 0 aliphatic carbocycles. The van der Waals surface area contributed by atoms with Gasteiger partial charge in [-0.3, -0.25) is 0 Å². The molecule has 1 aliphatic heterocycles. The molecule has 1 aliphatic rings. The number of carbonyl (C=O) groups excluding carboxylic acids is 2. The zero-order valence-electron chi connectivity index (χ0n) is 12.6. The number of benzene rings is 1. The Labute approximate surface area is 125 Å². The average molecular weight is 290 g/mol. The second-order valence-electron chi connectivity index (χ2n) is 5.25. The molecule has 1 N–H and O–H groups in total. The summed E-state index contributed by atoms with van der Waals surface area (Å²) >= 11 is 0. The zero-order chi connectivity index (χ0) is 15.2. The van der Waals surface area contributed by atoms with Crippen molar-refractivity contribution in [1.29, 1.82) is 0 Å². The van der Waals surface area contributed by atoms with Gasteiger partial charge in [0.1, 0.15) is 0 Å². The Morgan fingerprint density at radius 2 is 2.19 bits per heavy atom. The van der Waals surface area contributed by atoms with Crippen LogP contribution in [0.15, 0.2) is 24.3 Å². The number of ether oxygens (including phenoxy) is 1. The summed E-state index contributed by atoms with van der Waals surface area (Å²) in [6.07, 6.45) is 4.26. The molecule has 5 nitrogen and oxygen atoms in total. The van der Waals surface area contributed by atoms with Crippen LogP contribution in [0.1, 0.15) is 43.0 Å². The van der Waals surface area contributed by atoms with Crippen molar-refractivity contribution in [1.82, 2.24) is 4.90 Å². The van der Waals surface area contributed by atoms with Gasteiger partial charge >= 0.3 is 12.0 Å². The number of hydrogen-bond acceptors (Lipinski definition) is 3. The van der Waals surface area contributed by atoms with Crippen molar-refractivity contribution in [2.24, 2.45) is 0 Å². The van der Waals surface area contributed by atoms with Crippen LogP contribution in [0.5, 0.6) is 0 Å². The minimum atomic E-state index is -0.407. The molecule has 21 heavy (non-hydrogen) atoms. The molecule has 1 aromatic rings. The number of nitrogens with one attached hydrogen (secondary N) is 1. The molecule has 1 saturated heterocycles. The van der Waals surface area contributed by atoms with E-state index in [9.17, 15) is 9.59 Å². The molecule has 1 heterocycles. The third-order valence-electron chi connectivity index (χ3n) is 3.89. The Balaban J connectivity index is 2.06. The van der Waals surface area contributed by atoms with E-state index in [1.54, 1.807) is 24.3 Å². The minimum absolute atomic E-state index is 0.0939. The maximum atomic E-state index is 12.4. The zero-order valence-corrected chi connectivity index (χ0v) is 12.6. The first-order chi connectivity index (χ1) is 10.2. The van der Waals surface area contributed by atoms with Crippen molar-refractivity contribution in [3.05, 3.63) is 29.8 Å². The first kappa shape index (κ1) is 15.4. The molecule has 5 heteroatoms. The Bertz CT molecular complexity index is 516. The van der Waals surface area contributed by atoms with E-state index in [0.717, 1.165) is 25.8 Å². The van der Waals surface area contributed by atoms with Crippen LogP contribution in [0, 0.1) is 0 Å². The van der Waals surface area contributed by atoms with Gasteiger partial charge in [0, 0.05) is 18.3 Å². The number of anilines is 1. The lowest BCUT2D eigenvalue weighted by molar-refractivity contribution is 0.0600. The Hall–Kier alpha value is -2.04. The van der Waals surface area contributed by atoms with Gasteiger partial charge < -0.3 is 15.0 Å². The van der Waals surface area contributed by atoms with Gasteiger partial charge in [-0.2, -0.15) is 0 Å². The van der Waals surface area contributed by atoms with E-state index >= 15 is 0 Å². The standard InChI is InChI=1S/C16H22N2O3/c1-3-14-9-4-5-10-18(14)16(20)17-13-8-6-7-12(11-13)15(19)21-2/h6-8,11,14H,3-5,9-10H2,1-2H3,(H,17,20). The Morgan fingerprint density at radius 1 is 1.38 bits per heavy atom. The van der Waals surface area contributed by atoms with Gasteiger partial charge in [0.2, 0.25) is 0 Å². The molecular formula is C16H22N2O3. The molecule has 0 bridgehead atoms. The molecule has 1 atom stereocenters. The van der Waals surface area contributed by atoms with Crippen LogP contribution in [0.2, 0.25) is 0 Å². The van der Waals surface area contributed by atoms with E-state index in [-0.39, 0.29) is 6.03 Å². The fourth-order valence-electron chi connectivity index (χ4n) is 2.73. The van der Waals surface area contributed by atoms with Crippen molar-refractivity contribution < 1.29 is 14.3 Å². The van der Waals surface area contributed by atoms with Crippen LogP contribution in [0.25, 0.3) is 0 Å². The summed E-state index contributed by atoms with van der Waals surface area (Å²) in [5.41, 5.74) is 1.05. The van der Waals surface area contributed by atoms with Crippen LogP contribution >= 0.6 is 0 Å². The summed E-state index contributed by atoms with van der Waals surface area (Å²) in [6.45, 7) is 2.90. The summed E-state index contributed by atoms with van der Waals surface area (Å²) in [5, 5.41) is 2.87. The molecule has 0 radical (unpaired) electrons. The number of esters is 1. The second kappa shape index (κ2) is 7.11. The number of amides is 2. The van der Waals surface area contributed by atoms with E-state index in [4.69, 9.17) is 0 Å².